The molecule has 0 aliphatic carbocycles. The van der Waals surface area contributed by atoms with Crippen molar-refractivity contribution in [1.82, 2.24) is 4.90 Å². The Morgan fingerprint density at radius 3 is 2.39 bits per heavy atom. The molecule has 100 valence electrons. The molecular weight excluding hydrogens is 226 g/mol. The summed E-state index contributed by atoms with van der Waals surface area (Å²) in [7, 11) is 0. The van der Waals surface area contributed by atoms with E-state index in [1.807, 2.05) is 12.1 Å². The summed E-state index contributed by atoms with van der Waals surface area (Å²) >= 11 is 0. The summed E-state index contributed by atoms with van der Waals surface area (Å²) in [5.74, 6) is 0. The molecule has 2 rings (SSSR count). The molecule has 1 aliphatic heterocycles. The monoisotopic (exact) mass is 249 g/mol. The van der Waals surface area contributed by atoms with Crippen LogP contribution in [-0.4, -0.2) is 37.1 Å². The summed E-state index contributed by atoms with van der Waals surface area (Å²) in [5, 5.41) is 6.88. The van der Waals surface area contributed by atoms with Crippen molar-refractivity contribution in [2.45, 2.75) is 19.9 Å². The number of likely N-dealkylation sites (N-methyl/N-ethyl adjacent to an activating group) is 1. The minimum atomic E-state index is 0.362. The number of fused-ring (bicyclic) bond motifs is 1. The highest BCUT2D eigenvalue weighted by Crippen LogP contribution is 2.36. The Hall–Kier alpha value is -1.62. The highest BCUT2D eigenvalue weighted by molar-refractivity contribution is 5.90. The molecule has 0 saturated carbocycles. The van der Waals surface area contributed by atoms with Crippen molar-refractivity contribution in [2.24, 2.45) is 0 Å². The Kier molecular flexibility index (Phi) is 3.81. The minimum absolute atomic E-state index is 0.362. The average Bonchev–Trinajstić information content (AvgIpc) is 2.40. The number of anilines is 4. The zero-order valence-corrected chi connectivity index (χ0v) is 11.2. The molecule has 0 fully saturated rings. The van der Waals surface area contributed by atoms with Gasteiger partial charge in [0.2, 0.25) is 0 Å². The summed E-state index contributed by atoms with van der Waals surface area (Å²) in [4.78, 5) is 2.40. The second-order valence-electron chi connectivity index (χ2n) is 4.70. The molecule has 0 spiro atoms. The Balaban J connectivity index is 2.12. The van der Waals surface area contributed by atoms with E-state index in [0.29, 0.717) is 6.04 Å². The summed E-state index contributed by atoms with van der Waals surface area (Å²) < 4.78 is 0. The van der Waals surface area contributed by atoms with Gasteiger partial charge in [-0.1, -0.05) is 13.8 Å². The average molecular weight is 249 g/mol. The SMILES string of the molecule is CCN(CC)CC1CNc2c(N)ccc(N)c2N1. The molecule has 1 aromatic rings. The van der Waals surface area contributed by atoms with E-state index >= 15 is 0 Å². The second kappa shape index (κ2) is 5.35. The van der Waals surface area contributed by atoms with Crippen LogP contribution in [0.1, 0.15) is 13.8 Å². The number of nitrogens with two attached hydrogens (primary N) is 2. The molecule has 5 nitrogen and oxygen atoms in total. The Bertz CT molecular complexity index is 414. The fourth-order valence-corrected chi connectivity index (χ4v) is 2.36. The third-order valence-corrected chi connectivity index (χ3v) is 3.52. The van der Waals surface area contributed by atoms with E-state index in [0.717, 1.165) is 48.9 Å². The van der Waals surface area contributed by atoms with Crippen molar-refractivity contribution in [2.75, 3.05) is 48.3 Å². The van der Waals surface area contributed by atoms with Gasteiger partial charge < -0.3 is 27.0 Å². The van der Waals surface area contributed by atoms with Gasteiger partial charge >= 0.3 is 0 Å². The maximum absolute atomic E-state index is 6.00. The third kappa shape index (κ3) is 2.46. The van der Waals surface area contributed by atoms with Gasteiger partial charge in [-0.15, -0.1) is 0 Å². The zero-order chi connectivity index (χ0) is 13.1. The second-order valence-corrected chi connectivity index (χ2v) is 4.70. The van der Waals surface area contributed by atoms with Crippen molar-refractivity contribution in [1.29, 1.82) is 0 Å². The third-order valence-electron chi connectivity index (χ3n) is 3.52. The maximum atomic E-state index is 6.00. The molecule has 0 aromatic heterocycles. The number of nitrogens with zero attached hydrogens (tertiary/aromatic N) is 1. The van der Waals surface area contributed by atoms with E-state index in [9.17, 15) is 0 Å². The van der Waals surface area contributed by atoms with Gasteiger partial charge in [-0.2, -0.15) is 0 Å². The van der Waals surface area contributed by atoms with Gasteiger partial charge in [-0.25, -0.2) is 0 Å². The topological polar surface area (TPSA) is 79.3 Å². The van der Waals surface area contributed by atoms with E-state index < -0.39 is 0 Å². The maximum Gasteiger partial charge on any atom is 0.0834 e. The van der Waals surface area contributed by atoms with Crippen LogP contribution in [-0.2, 0) is 0 Å². The standard InChI is InChI=1S/C13H23N5/c1-3-18(4-2)8-9-7-16-12-10(14)5-6-11(15)13(12)17-9/h5-6,9,16-17H,3-4,7-8,14-15H2,1-2H3. The van der Waals surface area contributed by atoms with Crippen LogP contribution in [0.4, 0.5) is 22.7 Å². The molecule has 0 amide bonds. The van der Waals surface area contributed by atoms with Gasteiger partial charge in [0.05, 0.1) is 28.8 Å². The zero-order valence-electron chi connectivity index (χ0n) is 11.2. The van der Waals surface area contributed by atoms with Gasteiger partial charge in [0.25, 0.3) is 0 Å². The van der Waals surface area contributed by atoms with Gasteiger partial charge in [0.1, 0.15) is 0 Å². The largest absolute Gasteiger partial charge is 0.397 e. The van der Waals surface area contributed by atoms with Crippen LogP contribution in [0.5, 0.6) is 0 Å². The van der Waals surface area contributed by atoms with Crippen LogP contribution in [0.2, 0.25) is 0 Å². The number of hydrogen-bond acceptors (Lipinski definition) is 5. The molecular formula is C13H23N5. The number of rotatable bonds is 4. The van der Waals surface area contributed by atoms with E-state index in [1.54, 1.807) is 0 Å². The smallest absolute Gasteiger partial charge is 0.0834 e. The summed E-state index contributed by atoms with van der Waals surface area (Å²) in [6, 6.07) is 4.05. The van der Waals surface area contributed by atoms with Crippen molar-refractivity contribution in [3.63, 3.8) is 0 Å². The molecule has 18 heavy (non-hydrogen) atoms. The summed E-state index contributed by atoms with van der Waals surface area (Å²) in [5.41, 5.74) is 15.3. The van der Waals surface area contributed by atoms with Crippen LogP contribution in [0, 0.1) is 0 Å². The highest BCUT2D eigenvalue weighted by Gasteiger charge is 2.21. The van der Waals surface area contributed by atoms with E-state index in [4.69, 9.17) is 11.5 Å². The molecule has 5 heteroatoms. The van der Waals surface area contributed by atoms with E-state index in [2.05, 4.69) is 29.4 Å². The quantitative estimate of drug-likeness (QED) is 0.607. The lowest BCUT2D eigenvalue weighted by Crippen LogP contribution is -2.43. The lowest BCUT2D eigenvalue weighted by Gasteiger charge is -2.33. The van der Waals surface area contributed by atoms with Crippen LogP contribution in [0.3, 0.4) is 0 Å². The van der Waals surface area contributed by atoms with Gasteiger partial charge in [-0.05, 0) is 25.2 Å². The van der Waals surface area contributed by atoms with E-state index in [1.165, 1.54) is 0 Å². The molecule has 1 heterocycles. The van der Waals surface area contributed by atoms with Crippen molar-refractivity contribution in [3.05, 3.63) is 12.1 Å². The lowest BCUT2D eigenvalue weighted by molar-refractivity contribution is 0.292. The first-order valence-corrected chi connectivity index (χ1v) is 6.56. The van der Waals surface area contributed by atoms with Crippen molar-refractivity contribution < 1.29 is 0 Å². The first-order valence-electron chi connectivity index (χ1n) is 6.56. The fourth-order valence-electron chi connectivity index (χ4n) is 2.36. The molecule has 0 radical (unpaired) electrons. The number of hydrogen-bond donors (Lipinski definition) is 4. The van der Waals surface area contributed by atoms with Gasteiger partial charge in [0.15, 0.2) is 0 Å². The number of nitrogen functional groups attached to an aromatic ring is 2. The Morgan fingerprint density at radius 2 is 1.78 bits per heavy atom. The molecule has 1 unspecified atom stereocenters. The summed E-state index contributed by atoms with van der Waals surface area (Å²) in [6.07, 6.45) is 0. The molecule has 1 aromatic carbocycles. The molecule has 1 aliphatic rings. The van der Waals surface area contributed by atoms with Crippen LogP contribution in [0.15, 0.2) is 12.1 Å². The fraction of sp³-hybridized carbons (Fsp3) is 0.538. The van der Waals surface area contributed by atoms with Crippen molar-refractivity contribution >= 4 is 22.7 Å². The molecule has 0 saturated heterocycles. The number of benzene rings is 1. The predicted octanol–water partition coefficient (Wildman–Crippen LogP) is 1.40. The molecule has 0 bridgehead atoms. The number of nitrogens with one attached hydrogen (secondary N) is 2. The first-order chi connectivity index (χ1) is 8.65. The minimum Gasteiger partial charge on any atom is -0.397 e. The van der Waals surface area contributed by atoms with Gasteiger partial charge in [-0.3, -0.25) is 0 Å². The lowest BCUT2D eigenvalue weighted by atomic mass is 10.1. The Morgan fingerprint density at radius 1 is 1.17 bits per heavy atom. The normalized spacial score (nSPS) is 18.1. The van der Waals surface area contributed by atoms with Crippen LogP contribution in [0.25, 0.3) is 0 Å². The van der Waals surface area contributed by atoms with Crippen LogP contribution < -0.4 is 22.1 Å². The highest BCUT2D eigenvalue weighted by atomic mass is 15.2. The molecule has 6 N–H and O–H groups in total. The van der Waals surface area contributed by atoms with E-state index in [-0.39, 0.29) is 0 Å². The molecule has 1 atom stereocenters. The Labute approximate surface area is 109 Å². The first kappa shape index (κ1) is 12.8. The summed E-state index contributed by atoms with van der Waals surface area (Å²) in [6.45, 7) is 8.37. The van der Waals surface area contributed by atoms with Crippen molar-refractivity contribution in [3.8, 4) is 0 Å². The van der Waals surface area contributed by atoms with Gasteiger partial charge in [0, 0.05) is 13.1 Å². The predicted molar refractivity (Wildman–Crippen MR) is 79.0 cm³/mol. The van der Waals surface area contributed by atoms with Crippen LogP contribution >= 0.6 is 0 Å².